The number of hydrogen-bond donors (Lipinski definition) is 0. The van der Waals surface area contributed by atoms with Crippen molar-refractivity contribution in [2.75, 3.05) is 19.8 Å². The van der Waals surface area contributed by atoms with E-state index in [4.69, 9.17) is 9.47 Å². The highest BCUT2D eigenvalue weighted by Gasteiger charge is 2.28. The minimum Gasteiger partial charge on any atom is -0.462 e. The molecule has 0 aromatic carbocycles. The molecule has 0 aliphatic heterocycles. The molecule has 6 nitrogen and oxygen atoms in total. The van der Waals surface area contributed by atoms with Gasteiger partial charge >= 0.3 is 5.97 Å². The third-order valence-corrected chi connectivity index (χ3v) is 6.33. The first-order valence-corrected chi connectivity index (χ1v) is 10.6. The van der Waals surface area contributed by atoms with E-state index in [1.165, 1.54) is 9.44 Å². The number of fused-ring (bicyclic) bond motifs is 3. The van der Waals surface area contributed by atoms with Gasteiger partial charge < -0.3 is 9.47 Å². The first-order valence-electron chi connectivity index (χ1n) is 9.75. The molecule has 0 radical (unpaired) electrons. The van der Waals surface area contributed by atoms with Crippen LogP contribution in [-0.4, -0.2) is 35.3 Å². The highest BCUT2D eigenvalue weighted by Crippen LogP contribution is 2.36. The standard InChI is InChI=1S/C20H28N2O4S/c1-5-15(20(24)26-10-9-25-6-2)22-13(4)21-18-17(19(22)23)14-8-7-12(3)11-16(14)27-18/h12,15H,5-11H2,1-4H3. The van der Waals surface area contributed by atoms with Crippen molar-refractivity contribution in [3.05, 3.63) is 26.6 Å². The fraction of sp³-hybridized carbons (Fsp3) is 0.650. The van der Waals surface area contributed by atoms with E-state index in [9.17, 15) is 9.59 Å². The minimum atomic E-state index is -0.658. The number of nitrogens with zero attached hydrogens (tertiary/aromatic N) is 2. The number of carbonyl (C=O) groups is 1. The van der Waals surface area contributed by atoms with Gasteiger partial charge in [0.1, 0.15) is 23.3 Å². The molecule has 148 valence electrons. The van der Waals surface area contributed by atoms with E-state index >= 15 is 0 Å². The molecular weight excluding hydrogens is 364 g/mol. The number of ether oxygens (including phenoxy) is 2. The summed E-state index contributed by atoms with van der Waals surface area (Å²) in [5, 5.41) is 0.702. The second-order valence-electron chi connectivity index (χ2n) is 7.15. The van der Waals surface area contributed by atoms with Crippen LogP contribution in [0.4, 0.5) is 0 Å². The number of esters is 1. The predicted octanol–water partition coefficient (Wildman–Crippen LogP) is 3.42. The van der Waals surface area contributed by atoms with Crippen LogP contribution in [-0.2, 0) is 27.1 Å². The Bertz CT molecular complexity index is 886. The lowest BCUT2D eigenvalue weighted by molar-refractivity contribution is -0.149. The highest BCUT2D eigenvalue weighted by molar-refractivity contribution is 7.18. The summed E-state index contributed by atoms with van der Waals surface area (Å²) in [5.74, 6) is 0.798. The molecule has 0 saturated heterocycles. The third-order valence-electron chi connectivity index (χ3n) is 5.18. The molecule has 0 saturated carbocycles. The van der Waals surface area contributed by atoms with Crippen molar-refractivity contribution in [3.63, 3.8) is 0 Å². The number of carbonyl (C=O) groups excluding carboxylic acids is 1. The summed E-state index contributed by atoms with van der Waals surface area (Å²) >= 11 is 1.63. The van der Waals surface area contributed by atoms with E-state index in [2.05, 4.69) is 11.9 Å². The molecule has 1 aliphatic rings. The summed E-state index contributed by atoms with van der Waals surface area (Å²) in [5.41, 5.74) is 1.03. The van der Waals surface area contributed by atoms with Crippen molar-refractivity contribution in [1.29, 1.82) is 0 Å². The summed E-state index contributed by atoms with van der Waals surface area (Å²) < 4.78 is 12.1. The Morgan fingerprint density at radius 1 is 1.37 bits per heavy atom. The van der Waals surface area contributed by atoms with Crippen molar-refractivity contribution in [1.82, 2.24) is 9.55 Å². The lowest BCUT2D eigenvalue weighted by Crippen LogP contribution is -2.34. The van der Waals surface area contributed by atoms with E-state index in [1.807, 2.05) is 13.8 Å². The Hall–Kier alpha value is -1.73. The van der Waals surface area contributed by atoms with Crippen LogP contribution in [0, 0.1) is 12.8 Å². The molecule has 0 bridgehead atoms. The molecule has 27 heavy (non-hydrogen) atoms. The van der Waals surface area contributed by atoms with Crippen molar-refractivity contribution in [3.8, 4) is 0 Å². The molecule has 0 amide bonds. The SMILES string of the molecule is CCOCCOC(=O)C(CC)n1c(C)nc2sc3c(c2c1=O)CCC(C)C3. The first kappa shape index (κ1) is 20.0. The highest BCUT2D eigenvalue weighted by atomic mass is 32.1. The van der Waals surface area contributed by atoms with Crippen LogP contribution in [0.5, 0.6) is 0 Å². The summed E-state index contributed by atoms with van der Waals surface area (Å²) in [6.45, 7) is 8.94. The zero-order valence-electron chi connectivity index (χ0n) is 16.5. The van der Waals surface area contributed by atoms with E-state index < -0.39 is 12.0 Å². The van der Waals surface area contributed by atoms with Gasteiger partial charge in [-0.3, -0.25) is 9.36 Å². The Balaban J connectivity index is 1.98. The number of aromatic nitrogens is 2. The van der Waals surface area contributed by atoms with Crippen LogP contribution in [0.3, 0.4) is 0 Å². The van der Waals surface area contributed by atoms with E-state index in [0.717, 1.165) is 29.7 Å². The Labute approximate surface area is 163 Å². The van der Waals surface area contributed by atoms with E-state index in [0.29, 0.717) is 36.8 Å². The molecule has 2 heterocycles. The van der Waals surface area contributed by atoms with Gasteiger partial charge in [-0.15, -0.1) is 11.3 Å². The predicted molar refractivity (Wildman–Crippen MR) is 107 cm³/mol. The fourth-order valence-electron chi connectivity index (χ4n) is 3.77. The quantitative estimate of drug-likeness (QED) is 0.533. The van der Waals surface area contributed by atoms with Gasteiger partial charge in [0.2, 0.25) is 0 Å². The molecule has 2 aromatic heterocycles. The number of thiophene rings is 1. The van der Waals surface area contributed by atoms with Crippen molar-refractivity contribution in [2.45, 2.75) is 59.4 Å². The van der Waals surface area contributed by atoms with Gasteiger partial charge in [-0.05, 0) is 51.0 Å². The maximum Gasteiger partial charge on any atom is 0.329 e. The second-order valence-corrected chi connectivity index (χ2v) is 8.24. The van der Waals surface area contributed by atoms with Crippen LogP contribution in [0.25, 0.3) is 10.2 Å². The molecular formula is C20H28N2O4S. The Kier molecular flexibility index (Phi) is 6.32. The zero-order chi connectivity index (χ0) is 19.6. The summed E-state index contributed by atoms with van der Waals surface area (Å²) in [6, 6.07) is -0.658. The Morgan fingerprint density at radius 2 is 2.15 bits per heavy atom. The molecule has 2 aromatic rings. The molecule has 7 heteroatoms. The molecule has 0 fully saturated rings. The van der Waals surface area contributed by atoms with Crippen LogP contribution < -0.4 is 5.56 Å². The second kappa shape index (κ2) is 8.52. The van der Waals surface area contributed by atoms with Gasteiger partial charge in [-0.25, -0.2) is 9.78 Å². The van der Waals surface area contributed by atoms with Crippen LogP contribution >= 0.6 is 11.3 Å². The summed E-state index contributed by atoms with van der Waals surface area (Å²) in [7, 11) is 0. The molecule has 1 aliphatic carbocycles. The minimum absolute atomic E-state index is 0.113. The van der Waals surface area contributed by atoms with Crippen molar-refractivity contribution < 1.29 is 14.3 Å². The average Bonchev–Trinajstić information content (AvgIpc) is 2.99. The number of aryl methyl sites for hydroxylation is 2. The largest absolute Gasteiger partial charge is 0.462 e. The molecule has 3 rings (SSSR count). The average molecular weight is 393 g/mol. The van der Waals surface area contributed by atoms with Crippen LogP contribution in [0.15, 0.2) is 4.79 Å². The molecule has 2 atom stereocenters. The normalized spacial score (nSPS) is 17.7. The number of hydrogen-bond acceptors (Lipinski definition) is 6. The summed E-state index contributed by atoms with van der Waals surface area (Å²) in [4.78, 5) is 32.7. The zero-order valence-corrected chi connectivity index (χ0v) is 17.4. The number of rotatable bonds is 7. The van der Waals surface area contributed by atoms with Gasteiger partial charge in [0, 0.05) is 11.5 Å². The van der Waals surface area contributed by atoms with Gasteiger partial charge in [0.05, 0.1) is 12.0 Å². The van der Waals surface area contributed by atoms with Gasteiger partial charge in [0.25, 0.3) is 5.56 Å². The lowest BCUT2D eigenvalue weighted by Gasteiger charge is -2.20. The molecule has 0 spiro atoms. The van der Waals surface area contributed by atoms with Gasteiger partial charge in [-0.2, -0.15) is 0 Å². The van der Waals surface area contributed by atoms with E-state index in [1.54, 1.807) is 18.3 Å². The summed E-state index contributed by atoms with van der Waals surface area (Å²) in [6.07, 6.45) is 3.48. The maximum absolute atomic E-state index is 13.3. The van der Waals surface area contributed by atoms with Gasteiger partial charge in [-0.1, -0.05) is 13.8 Å². The monoisotopic (exact) mass is 392 g/mol. The lowest BCUT2D eigenvalue weighted by atomic mass is 9.89. The van der Waals surface area contributed by atoms with Crippen molar-refractivity contribution in [2.24, 2.45) is 5.92 Å². The fourth-order valence-corrected chi connectivity index (χ4v) is 5.19. The van der Waals surface area contributed by atoms with Crippen LogP contribution in [0.1, 0.15) is 55.9 Å². The van der Waals surface area contributed by atoms with Crippen LogP contribution in [0.2, 0.25) is 0 Å². The van der Waals surface area contributed by atoms with Crippen molar-refractivity contribution >= 4 is 27.5 Å². The maximum atomic E-state index is 13.3. The smallest absolute Gasteiger partial charge is 0.329 e. The molecule has 2 unspecified atom stereocenters. The molecule has 0 N–H and O–H groups in total. The first-order chi connectivity index (χ1) is 13.0. The van der Waals surface area contributed by atoms with Gasteiger partial charge in [0.15, 0.2) is 0 Å². The topological polar surface area (TPSA) is 70.4 Å². The third kappa shape index (κ3) is 3.94. The Morgan fingerprint density at radius 3 is 2.85 bits per heavy atom. The van der Waals surface area contributed by atoms with E-state index in [-0.39, 0.29) is 12.2 Å².